The van der Waals surface area contributed by atoms with Crippen LogP contribution >= 0.6 is 0 Å². The van der Waals surface area contributed by atoms with Crippen LogP contribution in [0.5, 0.6) is 0 Å². The van der Waals surface area contributed by atoms with Crippen molar-refractivity contribution in [2.75, 3.05) is 0 Å². The molecule has 3 heteroatoms. The minimum Gasteiger partial charge on any atom is -0.277 e. The fourth-order valence-electron chi connectivity index (χ4n) is 2.15. The van der Waals surface area contributed by atoms with Crippen molar-refractivity contribution in [3.05, 3.63) is 0 Å². The van der Waals surface area contributed by atoms with E-state index in [1.165, 1.54) is 4.90 Å². The smallest absolute Gasteiger partial charge is 0.233 e. The Labute approximate surface area is 91.8 Å². The lowest BCUT2D eigenvalue weighted by atomic mass is 9.95. The van der Waals surface area contributed by atoms with E-state index in [2.05, 4.69) is 13.8 Å². The van der Waals surface area contributed by atoms with E-state index in [9.17, 15) is 9.59 Å². The Balaban J connectivity index is 2.80. The molecule has 15 heavy (non-hydrogen) atoms. The Morgan fingerprint density at radius 1 is 1.33 bits per heavy atom. The van der Waals surface area contributed by atoms with Gasteiger partial charge in [-0.2, -0.15) is 0 Å². The third kappa shape index (κ3) is 2.58. The molecule has 0 aromatic heterocycles. The fourth-order valence-corrected chi connectivity index (χ4v) is 2.15. The monoisotopic (exact) mass is 211 g/mol. The van der Waals surface area contributed by atoms with E-state index >= 15 is 0 Å². The SMILES string of the molecule is CC(C)CC1CC(=O)N(C(C)(C)C)C1=O. The van der Waals surface area contributed by atoms with Crippen LogP contribution in [0.25, 0.3) is 0 Å². The second-order valence-electron chi connectivity index (χ2n) is 5.77. The van der Waals surface area contributed by atoms with Gasteiger partial charge in [-0.25, -0.2) is 0 Å². The first-order valence-corrected chi connectivity index (χ1v) is 5.60. The van der Waals surface area contributed by atoms with Crippen LogP contribution in [0.2, 0.25) is 0 Å². The van der Waals surface area contributed by atoms with Crippen molar-refractivity contribution in [3.63, 3.8) is 0 Å². The number of hydrogen-bond acceptors (Lipinski definition) is 2. The van der Waals surface area contributed by atoms with E-state index in [-0.39, 0.29) is 23.3 Å². The lowest BCUT2D eigenvalue weighted by Crippen LogP contribution is -2.45. The Hall–Kier alpha value is -0.860. The topological polar surface area (TPSA) is 37.4 Å². The molecular formula is C12H21NO2. The zero-order valence-electron chi connectivity index (χ0n) is 10.3. The first-order valence-electron chi connectivity index (χ1n) is 5.60. The summed E-state index contributed by atoms with van der Waals surface area (Å²) in [5, 5.41) is 0. The second-order valence-corrected chi connectivity index (χ2v) is 5.77. The molecule has 0 N–H and O–H groups in total. The molecule has 3 nitrogen and oxygen atoms in total. The highest BCUT2D eigenvalue weighted by Crippen LogP contribution is 2.30. The van der Waals surface area contributed by atoms with Crippen LogP contribution in [0, 0.1) is 11.8 Å². The summed E-state index contributed by atoms with van der Waals surface area (Å²) in [6.45, 7) is 9.87. The van der Waals surface area contributed by atoms with Crippen molar-refractivity contribution in [1.29, 1.82) is 0 Å². The van der Waals surface area contributed by atoms with Gasteiger partial charge in [0.25, 0.3) is 0 Å². The van der Waals surface area contributed by atoms with E-state index < -0.39 is 0 Å². The van der Waals surface area contributed by atoms with Crippen LogP contribution in [-0.2, 0) is 9.59 Å². The lowest BCUT2D eigenvalue weighted by molar-refractivity contribution is -0.144. The first kappa shape index (κ1) is 12.2. The maximum atomic E-state index is 12.0. The maximum Gasteiger partial charge on any atom is 0.233 e. The van der Waals surface area contributed by atoms with E-state index in [4.69, 9.17) is 0 Å². The van der Waals surface area contributed by atoms with E-state index in [0.717, 1.165) is 6.42 Å². The van der Waals surface area contributed by atoms with Gasteiger partial charge in [0.2, 0.25) is 11.8 Å². The molecule has 1 rings (SSSR count). The van der Waals surface area contributed by atoms with Gasteiger partial charge < -0.3 is 0 Å². The molecule has 1 fully saturated rings. The van der Waals surface area contributed by atoms with E-state index in [1.54, 1.807) is 0 Å². The molecule has 0 aromatic carbocycles. The molecule has 1 unspecified atom stereocenters. The number of carbonyl (C=O) groups excluding carboxylic acids is 2. The number of imide groups is 1. The van der Waals surface area contributed by atoms with Gasteiger partial charge >= 0.3 is 0 Å². The largest absolute Gasteiger partial charge is 0.277 e. The Kier molecular flexibility index (Phi) is 3.22. The number of rotatable bonds is 2. The van der Waals surface area contributed by atoms with Gasteiger partial charge in [0.05, 0.1) is 0 Å². The molecule has 1 heterocycles. The molecule has 0 spiro atoms. The zero-order chi connectivity index (χ0) is 11.8. The van der Waals surface area contributed by atoms with Crippen LogP contribution in [0.1, 0.15) is 47.5 Å². The van der Waals surface area contributed by atoms with Gasteiger partial charge in [-0.3, -0.25) is 14.5 Å². The minimum atomic E-state index is -0.375. The molecule has 1 aliphatic heterocycles. The van der Waals surface area contributed by atoms with Gasteiger partial charge in [-0.1, -0.05) is 13.8 Å². The summed E-state index contributed by atoms with van der Waals surface area (Å²) < 4.78 is 0. The Bertz CT molecular complexity index is 276. The van der Waals surface area contributed by atoms with Gasteiger partial charge in [-0.15, -0.1) is 0 Å². The van der Waals surface area contributed by atoms with Crippen molar-refractivity contribution in [1.82, 2.24) is 4.90 Å². The van der Waals surface area contributed by atoms with Crippen LogP contribution in [0.4, 0.5) is 0 Å². The summed E-state index contributed by atoms with van der Waals surface area (Å²) in [6, 6.07) is 0. The number of likely N-dealkylation sites (tertiary alicyclic amines) is 1. The third-order valence-electron chi connectivity index (χ3n) is 2.67. The van der Waals surface area contributed by atoms with Gasteiger partial charge in [0.1, 0.15) is 0 Å². The highest BCUT2D eigenvalue weighted by Gasteiger charge is 2.43. The van der Waals surface area contributed by atoms with Crippen LogP contribution < -0.4 is 0 Å². The standard InChI is InChI=1S/C12H21NO2/c1-8(2)6-9-7-10(14)13(11(9)15)12(3,4)5/h8-9H,6-7H2,1-5H3. The Morgan fingerprint density at radius 2 is 1.87 bits per heavy atom. The fraction of sp³-hybridized carbons (Fsp3) is 0.833. The van der Waals surface area contributed by atoms with Crippen molar-refractivity contribution >= 4 is 11.8 Å². The van der Waals surface area contributed by atoms with Crippen molar-refractivity contribution in [3.8, 4) is 0 Å². The molecule has 1 atom stereocenters. The normalized spacial score (nSPS) is 23.1. The average Bonchev–Trinajstić information content (AvgIpc) is 2.23. The average molecular weight is 211 g/mol. The molecule has 2 amide bonds. The predicted molar refractivity (Wildman–Crippen MR) is 59.2 cm³/mol. The molecule has 0 radical (unpaired) electrons. The van der Waals surface area contributed by atoms with Crippen LogP contribution in [0.3, 0.4) is 0 Å². The van der Waals surface area contributed by atoms with Gasteiger partial charge in [-0.05, 0) is 33.1 Å². The van der Waals surface area contributed by atoms with E-state index in [1.807, 2.05) is 20.8 Å². The van der Waals surface area contributed by atoms with Crippen molar-refractivity contribution in [2.24, 2.45) is 11.8 Å². The molecular weight excluding hydrogens is 190 g/mol. The van der Waals surface area contributed by atoms with Crippen molar-refractivity contribution < 1.29 is 9.59 Å². The highest BCUT2D eigenvalue weighted by molar-refractivity contribution is 6.04. The van der Waals surface area contributed by atoms with Gasteiger partial charge in [0.15, 0.2) is 0 Å². The summed E-state index contributed by atoms with van der Waals surface area (Å²) >= 11 is 0. The zero-order valence-corrected chi connectivity index (χ0v) is 10.3. The second kappa shape index (κ2) is 3.95. The summed E-state index contributed by atoms with van der Waals surface area (Å²) in [7, 11) is 0. The lowest BCUT2D eigenvalue weighted by Gasteiger charge is -2.30. The molecule has 86 valence electrons. The predicted octanol–water partition coefficient (Wildman–Crippen LogP) is 2.21. The summed E-state index contributed by atoms with van der Waals surface area (Å²) in [6.07, 6.45) is 1.21. The quantitative estimate of drug-likeness (QED) is 0.657. The van der Waals surface area contributed by atoms with Crippen molar-refractivity contribution in [2.45, 2.75) is 53.0 Å². The van der Waals surface area contributed by atoms with Crippen LogP contribution in [0.15, 0.2) is 0 Å². The molecule has 1 aliphatic rings. The van der Waals surface area contributed by atoms with Gasteiger partial charge in [0, 0.05) is 17.9 Å². The molecule has 0 aliphatic carbocycles. The summed E-state index contributed by atoms with van der Waals surface area (Å²) in [4.78, 5) is 25.2. The van der Waals surface area contributed by atoms with E-state index in [0.29, 0.717) is 12.3 Å². The maximum absolute atomic E-state index is 12.0. The van der Waals surface area contributed by atoms with Crippen LogP contribution in [-0.4, -0.2) is 22.3 Å². The molecule has 0 aromatic rings. The number of hydrogen-bond donors (Lipinski definition) is 0. The first-order chi connectivity index (χ1) is 6.73. The number of nitrogens with zero attached hydrogens (tertiary/aromatic N) is 1. The molecule has 1 saturated heterocycles. The number of carbonyl (C=O) groups is 2. The third-order valence-corrected chi connectivity index (χ3v) is 2.67. The highest BCUT2D eigenvalue weighted by atomic mass is 16.2. The molecule has 0 saturated carbocycles. The number of amides is 2. The summed E-state index contributed by atoms with van der Waals surface area (Å²) in [5.41, 5.74) is -0.375. The summed E-state index contributed by atoms with van der Waals surface area (Å²) in [5.74, 6) is 0.378. The minimum absolute atomic E-state index is 0.0150. The Morgan fingerprint density at radius 3 is 2.20 bits per heavy atom. The molecule has 0 bridgehead atoms.